The summed E-state index contributed by atoms with van der Waals surface area (Å²) < 4.78 is 20.1. The van der Waals surface area contributed by atoms with Crippen molar-refractivity contribution >= 4 is 15.9 Å². The van der Waals surface area contributed by atoms with Gasteiger partial charge in [0.05, 0.1) is 10.7 Å². The topological polar surface area (TPSA) is 39.2 Å². The second-order valence-corrected chi connectivity index (χ2v) is 4.29. The molecule has 0 aliphatic heterocycles. The average molecular weight is 248 g/mol. The van der Waals surface area contributed by atoms with Gasteiger partial charge in [0.2, 0.25) is 0 Å². The summed E-state index contributed by atoms with van der Waals surface area (Å²) in [7, 11) is 0. The van der Waals surface area contributed by atoms with E-state index in [4.69, 9.17) is 10.2 Å². The van der Waals surface area contributed by atoms with Gasteiger partial charge in [-0.15, -0.1) is 0 Å². The van der Waals surface area contributed by atoms with Gasteiger partial charge in [0.1, 0.15) is 0 Å². The number of furan rings is 1. The van der Waals surface area contributed by atoms with Crippen molar-refractivity contribution in [1.82, 2.24) is 0 Å². The number of hydrogen-bond donors (Lipinski definition) is 1. The third-order valence-electron chi connectivity index (χ3n) is 2.52. The summed E-state index contributed by atoms with van der Waals surface area (Å²) in [6.07, 6.45) is 3.29. The van der Waals surface area contributed by atoms with Gasteiger partial charge >= 0.3 is 0 Å². The highest BCUT2D eigenvalue weighted by atomic mass is 79.9. The van der Waals surface area contributed by atoms with Crippen LogP contribution in [0.2, 0.25) is 0 Å². The van der Waals surface area contributed by atoms with Crippen LogP contribution in [0.3, 0.4) is 0 Å². The molecule has 1 atom stereocenters. The fourth-order valence-electron chi connectivity index (χ4n) is 1.58. The first-order valence-electron chi connectivity index (χ1n) is 4.31. The smallest absolute Gasteiger partial charge is 0.184 e. The second-order valence-electron chi connectivity index (χ2n) is 3.44. The Hall–Kier alpha value is -0.350. The van der Waals surface area contributed by atoms with Crippen LogP contribution in [0.25, 0.3) is 0 Å². The van der Waals surface area contributed by atoms with E-state index in [1.807, 2.05) is 0 Å². The van der Waals surface area contributed by atoms with E-state index < -0.39 is 5.67 Å². The van der Waals surface area contributed by atoms with Crippen molar-refractivity contribution in [3.63, 3.8) is 0 Å². The van der Waals surface area contributed by atoms with Crippen LogP contribution < -0.4 is 5.73 Å². The summed E-state index contributed by atoms with van der Waals surface area (Å²) in [5, 5.41) is 0. The lowest BCUT2D eigenvalue weighted by atomic mass is 9.97. The summed E-state index contributed by atoms with van der Waals surface area (Å²) in [5.74, 6) is 0.387. The zero-order chi connectivity index (χ0) is 9.47. The largest absolute Gasteiger partial charge is 0.465 e. The first-order valence-corrected chi connectivity index (χ1v) is 5.10. The number of halogens is 2. The van der Waals surface area contributed by atoms with Crippen LogP contribution in [0.5, 0.6) is 0 Å². The summed E-state index contributed by atoms with van der Waals surface area (Å²) in [6.45, 7) is -0.0101. The van der Waals surface area contributed by atoms with Crippen LogP contribution in [0.1, 0.15) is 18.6 Å². The van der Waals surface area contributed by atoms with Gasteiger partial charge in [-0.05, 0) is 34.8 Å². The normalized spacial score (nSPS) is 21.5. The van der Waals surface area contributed by atoms with E-state index in [0.717, 1.165) is 12.8 Å². The molecule has 0 aromatic carbocycles. The molecule has 72 valence electrons. The van der Waals surface area contributed by atoms with Gasteiger partial charge in [-0.1, -0.05) is 0 Å². The molecule has 0 saturated heterocycles. The van der Waals surface area contributed by atoms with Gasteiger partial charge in [0.15, 0.2) is 11.4 Å². The molecular weight excluding hydrogens is 237 g/mol. The molecule has 2 nitrogen and oxygen atoms in total. The molecule has 1 aliphatic carbocycles. The lowest BCUT2D eigenvalue weighted by Crippen LogP contribution is -2.32. The average Bonchev–Trinajstić information content (AvgIpc) is 2.89. The first-order chi connectivity index (χ1) is 6.18. The third-order valence-corrected chi connectivity index (χ3v) is 3.14. The maximum atomic E-state index is 14.3. The van der Waals surface area contributed by atoms with Crippen molar-refractivity contribution < 1.29 is 8.81 Å². The monoisotopic (exact) mass is 247 g/mol. The predicted molar refractivity (Wildman–Crippen MR) is 51.0 cm³/mol. The minimum Gasteiger partial charge on any atom is -0.465 e. The molecule has 2 rings (SSSR count). The molecule has 0 spiro atoms. The van der Waals surface area contributed by atoms with Gasteiger partial charge in [0.25, 0.3) is 0 Å². The summed E-state index contributed by atoms with van der Waals surface area (Å²) in [5.41, 5.74) is 3.98. The third kappa shape index (κ3) is 1.42. The first kappa shape index (κ1) is 9.21. The maximum Gasteiger partial charge on any atom is 0.184 e. The SMILES string of the molecule is NCC(F)(c1occc1Br)C1CC1. The summed E-state index contributed by atoms with van der Waals surface area (Å²) in [6, 6.07) is 1.70. The molecule has 1 fully saturated rings. The van der Waals surface area contributed by atoms with E-state index in [0.29, 0.717) is 10.2 Å². The molecule has 4 heteroatoms. The number of alkyl halides is 1. The van der Waals surface area contributed by atoms with Crippen molar-refractivity contribution in [3.05, 3.63) is 22.6 Å². The van der Waals surface area contributed by atoms with E-state index in [1.54, 1.807) is 6.07 Å². The Kier molecular flexibility index (Phi) is 2.20. The molecule has 1 aliphatic rings. The minimum absolute atomic E-state index is 0.0101. The van der Waals surface area contributed by atoms with E-state index in [-0.39, 0.29) is 12.5 Å². The Morgan fingerprint density at radius 2 is 2.38 bits per heavy atom. The highest BCUT2D eigenvalue weighted by Crippen LogP contribution is 2.49. The number of hydrogen-bond acceptors (Lipinski definition) is 2. The van der Waals surface area contributed by atoms with Gasteiger partial charge in [-0.25, -0.2) is 4.39 Å². The summed E-state index contributed by atoms with van der Waals surface area (Å²) in [4.78, 5) is 0. The highest BCUT2D eigenvalue weighted by molar-refractivity contribution is 9.10. The van der Waals surface area contributed by atoms with Crippen LogP contribution in [-0.2, 0) is 5.67 Å². The van der Waals surface area contributed by atoms with Gasteiger partial charge in [-0.3, -0.25) is 0 Å². The van der Waals surface area contributed by atoms with Gasteiger partial charge in [-0.2, -0.15) is 0 Å². The van der Waals surface area contributed by atoms with Crippen LogP contribution in [0.15, 0.2) is 21.2 Å². The molecule has 13 heavy (non-hydrogen) atoms. The molecule has 0 amide bonds. The fraction of sp³-hybridized carbons (Fsp3) is 0.556. The van der Waals surface area contributed by atoms with E-state index in [9.17, 15) is 4.39 Å². The quantitative estimate of drug-likeness (QED) is 0.892. The minimum atomic E-state index is -1.47. The molecule has 2 N–H and O–H groups in total. The molecule has 1 heterocycles. The van der Waals surface area contributed by atoms with E-state index in [2.05, 4.69) is 15.9 Å². The predicted octanol–water partition coefficient (Wildman–Crippen LogP) is 2.58. The Morgan fingerprint density at radius 3 is 2.77 bits per heavy atom. The Balaban J connectivity index is 2.35. The van der Waals surface area contributed by atoms with Crippen molar-refractivity contribution in [2.24, 2.45) is 11.7 Å². The number of nitrogens with two attached hydrogens (primary N) is 1. The zero-order valence-electron chi connectivity index (χ0n) is 7.09. The summed E-state index contributed by atoms with van der Waals surface area (Å²) >= 11 is 3.25. The highest BCUT2D eigenvalue weighted by Gasteiger charge is 2.49. The lowest BCUT2D eigenvalue weighted by Gasteiger charge is -2.21. The Labute approximate surface area is 84.4 Å². The maximum absolute atomic E-state index is 14.3. The van der Waals surface area contributed by atoms with Crippen molar-refractivity contribution in [2.75, 3.05) is 6.54 Å². The standard InChI is InChI=1S/C9H11BrFNO/c10-7-3-4-13-8(7)9(11,5-12)6-1-2-6/h3-4,6H,1-2,5,12H2. The van der Waals surface area contributed by atoms with E-state index in [1.165, 1.54) is 6.26 Å². The van der Waals surface area contributed by atoms with E-state index >= 15 is 0 Å². The second kappa shape index (κ2) is 3.10. The Bertz CT molecular complexity index is 310. The molecular formula is C9H11BrFNO. The van der Waals surface area contributed by atoms with Crippen LogP contribution in [0, 0.1) is 5.92 Å². The van der Waals surface area contributed by atoms with Crippen molar-refractivity contribution in [1.29, 1.82) is 0 Å². The number of rotatable bonds is 3. The van der Waals surface area contributed by atoms with Gasteiger partial charge in [0, 0.05) is 12.5 Å². The zero-order valence-corrected chi connectivity index (χ0v) is 8.68. The lowest BCUT2D eigenvalue weighted by molar-refractivity contribution is 0.109. The van der Waals surface area contributed by atoms with Crippen LogP contribution >= 0.6 is 15.9 Å². The molecule has 0 bridgehead atoms. The molecule has 1 unspecified atom stereocenters. The Morgan fingerprint density at radius 1 is 1.69 bits per heavy atom. The van der Waals surface area contributed by atoms with Crippen LogP contribution in [0.4, 0.5) is 4.39 Å². The van der Waals surface area contributed by atoms with Crippen molar-refractivity contribution in [3.8, 4) is 0 Å². The van der Waals surface area contributed by atoms with Crippen LogP contribution in [-0.4, -0.2) is 6.54 Å². The van der Waals surface area contributed by atoms with Crippen molar-refractivity contribution in [2.45, 2.75) is 18.5 Å². The molecule has 0 radical (unpaired) electrons. The molecule has 1 aromatic heterocycles. The molecule has 1 aromatic rings. The molecule has 1 saturated carbocycles. The van der Waals surface area contributed by atoms with Gasteiger partial charge < -0.3 is 10.2 Å². The fourth-order valence-corrected chi connectivity index (χ4v) is 2.11.